The van der Waals surface area contributed by atoms with Crippen molar-refractivity contribution in [1.82, 2.24) is 15.0 Å². The van der Waals surface area contributed by atoms with Crippen molar-refractivity contribution in [2.75, 3.05) is 31.9 Å². The van der Waals surface area contributed by atoms with E-state index in [0.717, 1.165) is 0 Å². The number of methoxy groups -OCH3 is 1. The predicted octanol–water partition coefficient (Wildman–Crippen LogP) is 2.33. The number of aryl methyl sites for hydroxylation is 1. The highest BCUT2D eigenvalue weighted by atomic mass is 16.6. The summed E-state index contributed by atoms with van der Waals surface area (Å²) in [5.74, 6) is 0.909. The molecule has 1 heterocycles. The molecule has 0 saturated carbocycles. The monoisotopic (exact) mass is 318 g/mol. The van der Waals surface area contributed by atoms with Gasteiger partial charge in [0.1, 0.15) is 11.4 Å². The summed E-state index contributed by atoms with van der Waals surface area (Å²) in [6.07, 6.45) is 0. The molecule has 9 nitrogen and oxygen atoms in total. The van der Waals surface area contributed by atoms with Crippen LogP contribution in [-0.4, -0.2) is 41.1 Å². The highest BCUT2D eigenvalue weighted by Gasteiger charge is 2.23. The summed E-state index contributed by atoms with van der Waals surface area (Å²) in [7, 11) is 5.07. The van der Waals surface area contributed by atoms with Crippen LogP contribution in [-0.2, 0) is 0 Å². The van der Waals surface area contributed by atoms with E-state index in [9.17, 15) is 10.1 Å². The third-order valence-corrected chi connectivity index (χ3v) is 2.92. The van der Waals surface area contributed by atoms with E-state index in [4.69, 9.17) is 4.74 Å². The van der Waals surface area contributed by atoms with Crippen LogP contribution in [0, 0.1) is 17.0 Å². The number of ether oxygens (including phenoxy) is 1. The molecule has 0 fully saturated rings. The molecule has 122 valence electrons. The van der Waals surface area contributed by atoms with E-state index in [2.05, 4.69) is 20.7 Å². The van der Waals surface area contributed by atoms with Crippen LogP contribution in [0.5, 0.6) is 5.75 Å². The largest absolute Gasteiger partial charge is 0.495 e. The van der Waals surface area contributed by atoms with Crippen molar-refractivity contribution in [3.63, 3.8) is 0 Å². The first-order chi connectivity index (χ1) is 10.9. The third-order valence-electron chi connectivity index (χ3n) is 2.92. The van der Waals surface area contributed by atoms with Gasteiger partial charge in [0.2, 0.25) is 11.8 Å². The number of hydrogen-bond acceptors (Lipinski definition) is 8. The number of para-hydroxylation sites is 2. The first kappa shape index (κ1) is 16.4. The number of hydrazine groups is 1. The molecular formula is C14H18N6O3. The van der Waals surface area contributed by atoms with Gasteiger partial charge in [-0.2, -0.15) is 4.98 Å². The van der Waals surface area contributed by atoms with Crippen LogP contribution >= 0.6 is 0 Å². The minimum absolute atomic E-state index is 0.0938. The topological polar surface area (TPSA) is 105 Å². The van der Waals surface area contributed by atoms with Crippen LogP contribution < -0.4 is 15.5 Å². The summed E-state index contributed by atoms with van der Waals surface area (Å²) in [6, 6.07) is 7.10. The minimum Gasteiger partial charge on any atom is -0.495 e. The lowest BCUT2D eigenvalue weighted by atomic mass is 10.2. The molecule has 2 rings (SSSR count). The Labute approximate surface area is 133 Å². The van der Waals surface area contributed by atoms with E-state index >= 15 is 0 Å². The van der Waals surface area contributed by atoms with Gasteiger partial charge in [-0.15, -0.1) is 0 Å². The number of nitrogens with one attached hydrogen (secondary N) is 2. The van der Waals surface area contributed by atoms with Gasteiger partial charge >= 0.3 is 5.69 Å². The van der Waals surface area contributed by atoms with E-state index in [1.54, 1.807) is 44.2 Å². The maximum Gasteiger partial charge on any atom is 0.332 e. The van der Waals surface area contributed by atoms with Gasteiger partial charge in [0.25, 0.3) is 0 Å². The van der Waals surface area contributed by atoms with E-state index in [0.29, 0.717) is 11.4 Å². The molecule has 0 spiro atoms. The van der Waals surface area contributed by atoms with Crippen LogP contribution in [0.2, 0.25) is 0 Å². The molecule has 0 radical (unpaired) electrons. The summed E-state index contributed by atoms with van der Waals surface area (Å²) in [6.45, 7) is 1.56. The van der Waals surface area contributed by atoms with Gasteiger partial charge in [-0.25, -0.2) is 9.99 Å². The lowest BCUT2D eigenvalue weighted by Gasteiger charge is -2.15. The van der Waals surface area contributed by atoms with Gasteiger partial charge in [0, 0.05) is 14.1 Å². The molecule has 23 heavy (non-hydrogen) atoms. The molecule has 0 amide bonds. The zero-order valence-corrected chi connectivity index (χ0v) is 13.3. The molecule has 0 aliphatic heterocycles. The van der Waals surface area contributed by atoms with E-state index < -0.39 is 4.92 Å². The van der Waals surface area contributed by atoms with E-state index in [1.807, 2.05) is 6.07 Å². The molecule has 0 bridgehead atoms. The van der Waals surface area contributed by atoms with Crippen LogP contribution in [0.15, 0.2) is 24.3 Å². The van der Waals surface area contributed by atoms with E-state index in [1.165, 1.54) is 7.11 Å². The molecule has 0 atom stereocenters. The number of benzene rings is 1. The number of aromatic nitrogens is 2. The first-order valence-electron chi connectivity index (χ1n) is 6.79. The van der Waals surface area contributed by atoms with Gasteiger partial charge in [-0.3, -0.25) is 15.5 Å². The second kappa shape index (κ2) is 6.88. The first-order valence-corrected chi connectivity index (χ1v) is 6.79. The number of nitrogens with zero attached hydrogens (tertiary/aromatic N) is 4. The molecule has 0 unspecified atom stereocenters. The molecule has 2 N–H and O–H groups in total. The highest BCUT2D eigenvalue weighted by Crippen LogP contribution is 2.32. The summed E-state index contributed by atoms with van der Waals surface area (Å²) in [5.41, 5.74) is 3.54. The SMILES string of the molecule is COc1ccccc1Nc1nc(NN(C)C)nc(C)c1[N+](=O)[O-]. The van der Waals surface area contributed by atoms with Gasteiger partial charge < -0.3 is 10.1 Å². The highest BCUT2D eigenvalue weighted by molar-refractivity contribution is 5.71. The molecule has 2 aromatic rings. The summed E-state index contributed by atoms with van der Waals surface area (Å²) >= 11 is 0. The second-order valence-electron chi connectivity index (χ2n) is 4.92. The average molecular weight is 318 g/mol. The Morgan fingerprint density at radius 1 is 1.26 bits per heavy atom. The Morgan fingerprint density at radius 3 is 2.57 bits per heavy atom. The molecular weight excluding hydrogens is 300 g/mol. The normalized spacial score (nSPS) is 10.5. The van der Waals surface area contributed by atoms with Crippen molar-refractivity contribution < 1.29 is 9.66 Å². The zero-order valence-electron chi connectivity index (χ0n) is 13.3. The minimum atomic E-state index is -0.507. The number of anilines is 3. The predicted molar refractivity (Wildman–Crippen MR) is 87.0 cm³/mol. The van der Waals surface area contributed by atoms with Gasteiger partial charge in [-0.1, -0.05) is 12.1 Å². The molecule has 0 saturated heterocycles. The van der Waals surface area contributed by atoms with Crippen molar-refractivity contribution in [3.05, 3.63) is 40.1 Å². The molecule has 9 heteroatoms. The zero-order chi connectivity index (χ0) is 17.0. The summed E-state index contributed by atoms with van der Waals surface area (Å²) < 4.78 is 5.24. The lowest BCUT2D eigenvalue weighted by molar-refractivity contribution is -0.385. The second-order valence-corrected chi connectivity index (χ2v) is 4.92. The number of rotatable bonds is 6. The van der Waals surface area contributed by atoms with Crippen LogP contribution in [0.4, 0.5) is 23.1 Å². The van der Waals surface area contributed by atoms with Crippen molar-refractivity contribution >= 4 is 23.1 Å². The van der Waals surface area contributed by atoms with Crippen molar-refractivity contribution in [1.29, 1.82) is 0 Å². The van der Waals surface area contributed by atoms with Crippen LogP contribution in [0.1, 0.15) is 5.69 Å². The Balaban J connectivity index is 2.49. The van der Waals surface area contributed by atoms with E-state index in [-0.39, 0.29) is 23.1 Å². The summed E-state index contributed by atoms with van der Waals surface area (Å²) in [4.78, 5) is 19.1. The van der Waals surface area contributed by atoms with Gasteiger partial charge in [0.05, 0.1) is 17.7 Å². The standard InChI is InChI=1S/C14H18N6O3/c1-9-12(20(21)22)13(17-14(15-9)18-19(2)3)16-10-7-5-6-8-11(10)23-4/h5-8H,1-4H3,(H2,15,16,17,18). The van der Waals surface area contributed by atoms with Crippen molar-refractivity contribution in [3.8, 4) is 5.75 Å². The van der Waals surface area contributed by atoms with Gasteiger partial charge in [0.15, 0.2) is 0 Å². The molecule has 1 aromatic heterocycles. The van der Waals surface area contributed by atoms with Crippen LogP contribution in [0.3, 0.4) is 0 Å². The average Bonchev–Trinajstić information content (AvgIpc) is 2.46. The number of nitro groups is 1. The molecule has 0 aliphatic rings. The Morgan fingerprint density at radius 2 is 1.96 bits per heavy atom. The fourth-order valence-corrected chi connectivity index (χ4v) is 2.00. The Bertz CT molecular complexity index is 720. The van der Waals surface area contributed by atoms with Crippen molar-refractivity contribution in [2.45, 2.75) is 6.92 Å². The fraction of sp³-hybridized carbons (Fsp3) is 0.286. The third kappa shape index (κ3) is 3.83. The maximum atomic E-state index is 11.3. The molecule has 1 aromatic carbocycles. The molecule has 0 aliphatic carbocycles. The van der Waals surface area contributed by atoms with Crippen LogP contribution in [0.25, 0.3) is 0 Å². The van der Waals surface area contributed by atoms with Crippen molar-refractivity contribution in [2.24, 2.45) is 0 Å². The summed E-state index contributed by atoms with van der Waals surface area (Å²) in [5, 5.41) is 15.9. The Hall–Kier alpha value is -2.94. The fourth-order valence-electron chi connectivity index (χ4n) is 2.00. The van der Waals surface area contributed by atoms with Gasteiger partial charge in [-0.05, 0) is 19.1 Å². The smallest absolute Gasteiger partial charge is 0.332 e. The lowest BCUT2D eigenvalue weighted by Crippen LogP contribution is -2.22. The Kier molecular flexibility index (Phi) is 4.91. The maximum absolute atomic E-state index is 11.3. The number of hydrogen-bond donors (Lipinski definition) is 2. The quantitative estimate of drug-likeness (QED) is 0.617.